The standard InChI is InChI=1S/C16H23N3/c1-5-6-14-7-9-15(10-8-14)11(2)17-16-12(3)18-19-13(16)4/h7-11,17H,5-6H2,1-4H3,(H,18,19). The van der Waals surface area contributed by atoms with Crippen LogP contribution in [0.15, 0.2) is 24.3 Å². The monoisotopic (exact) mass is 257 g/mol. The first-order chi connectivity index (χ1) is 9.11. The smallest absolute Gasteiger partial charge is 0.0825 e. The van der Waals surface area contributed by atoms with Gasteiger partial charge in [0.15, 0.2) is 0 Å². The fourth-order valence-electron chi connectivity index (χ4n) is 2.33. The lowest BCUT2D eigenvalue weighted by molar-refractivity contribution is 0.873. The normalized spacial score (nSPS) is 12.4. The number of aromatic nitrogens is 2. The first-order valence-corrected chi connectivity index (χ1v) is 6.98. The molecule has 1 aromatic carbocycles. The summed E-state index contributed by atoms with van der Waals surface area (Å²) in [6.07, 6.45) is 2.35. The van der Waals surface area contributed by atoms with Crippen molar-refractivity contribution < 1.29 is 0 Å². The summed E-state index contributed by atoms with van der Waals surface area (Å²) in [6, 6.07) is 9.17. The van der Waals surface area contributed by atoms with E-state index in [0.717, 1.165) is 23.5 Å². The fourth-order valence-corrected chi connectivity index (χ4v) is 2.33. The van der Waals surface area contributed by atoms with E-state index >= 15 is 0 Å². The Hall–Kier alpha value is -1.77. The first kappa shape index (κ1) is 13.7. The molecule has 0 aliphatic rings. The van der Waals surface area contributed by atoms with Crippen LogP contribution in [-0.2, 0) is 6.42 Å². The lowest BCUT2D eigenvalue weighted by Gasteiger charge is -2.16. The maximum Gasteiger partial charge on any atom is 0.0825 e. The maximum absolute atomic E-state index is 4.21. The molecule has 2 aromatic rings. The van der Waals surface area contributed by atoms with E-state index in [1.807, 2.05) is 13.8 Å². The van der Waals surface area contributed by atoms with Gasteiger partial charge in [0, 0.05) is 6.04 Å². The minimum absolute atomic E-state index is 0.283. The van der Waals surface area contributed by atoms with E-state index in [1.54, 1.807) is 0 Å². The molecule has 0 bridgehead atoms. The molecule has 0 aliphatic carbocycles. The van der Waals surface area contributed by atoms with Gasteiger partial charge in [-0.05, 0) is 38.3 Å². The Morgan fingerprint density at radius 3 is 2.42 bits per heavy atom. The quantitative estimate of drug-likeness (QED) is 0.844. The number of H-pyrrole nitrogens is 1. The SMILES string of the molecule is CCCc1ccc(C(C)Nc2c(C)n[nH]c2C)cc1. The zero-order valence-electron chi connectivity index (χ0n) is 12.2. The zero-order chi connectivity index (χ0) is 13.8. The number of rotatable bonds is 5. The Bertz CT molecular complexity index is 506. The van der Waals surface area contributed by atoms with Gasteiger partial charge in [-0.1, -0.05) is 37.6 Å². The minimum Gasteiger partial charge on any atom is -0.376 e. The molecule has 1 atom stereocenters. The number of benzene rings is 1. The Labute approximate surface area is 115 Å². The van der Waals surface area contributed by atoms with Crippen LogP contribution in [0.2, 0.25) is 0 Å². The third-order valence-electron chi connectivity index (χ3n) is 3.51. The molecule has 0 aliphatic heterocycles. The van der Waals surface area contributed by atoms with Gasteiger partial charge in [0.1, 0.15) is 0 Å². The third kappa shape index (κ3) is 3.16. The number of aromatic amines is 1. The third-order valence-corrected chi connectivity index (χ3v) is 3.51. The maximum atomic E-state index is 4.21. The molecule has 0 saturated carbocycles. The van der Waals surface area contributed by atoms with Crippen molar-refractivity contribution in [2.75, 3.05) is 5.32 Å². The van der Waals surface area contributed by atoms with Crippen LogP contribution in [-0.4, -0.2) is 10.2 Å². The molecule has 102 valence electrons. The average molecular weight is 257 g/mol. The predicted octanol–water partition coefficient (Wildman–Crippen LogP) is 4.15. The van der Waals surface area contributed by atoms with Crippen molar-refractivity contribution in [3.05, 3.63) is 46.8 Å². The fraction of sp³-hybridized carbons (Fsp3) is 0.438. The van der Waals surface area contributed by atoms with Crippen molar-refractivity contribution >= 4 is 5.69 Å². The number of hydrogen-bond donors (Lipinski definition) is 2. The van der Waals surface area contributed by atoms with Crippen LogP contribution in [0, 0.1) is 13.8 Å². The molecule has 0 spiro atoms. The van der Waals surface area contributed by atoms with Crippen molar-refractivity contribution in [2.24, 2.45) is 0 Å². The molecular formula is C16H23N3. The average Bonchev–Trinajstić information content (AvgIpc) is 2.72. The summed E-state index contributed by atoms with van der Waals surface area (Å²) < 4.78 is 0. The number of hydrogen-bond acceptors (Lipinski definition) is 2. The van der Waals surface area contributed by atoms with Crippen molar-refractivity contribution in [3.63, 3.8) is 0 Å². The van der Waals surface area contributed by atoms with Crippen molar-refractivity contribution in [3.8, 4) is 0 Å². The Morgan fingerprint density at radius 2 is 1.89 bits per heavy atom. The van der Waals surface area contributed by atoms with E-state index in [4.69, 9.17) is 0 Å². The largest absolute Gasteiger partial charge is 0.376 e. The van der Waals surface area contributed by atoms with E-state index < -0.39 is 0 Å². The van der Waals surface area contributed by atoms with Gasteiger partial charge in [-0.25, -0.2) is 0 Å². The van der Waals surface area contributed by atoms with Gasteiger partial charge in [-0.2, -0.15) is 5.10 Å². The minimum atomic E-state index is 0.283. The highest BCUT2D eigenvalue weighted by atomic mass is 15.2. The number of anilines is 1. The highest BCUT2D eigenvalue weighted by molar-refractivity contribution is 5.53. The van der Waals surface area contributed by atoms with Crippen LogP contribution in [0.4, 0.5) is 5.69 Å². The van der Waals surface area contributed by atoms with Crippen molar-refractivity contribution in [1.82, 2.24) is 10.2 Å². The summed E-state index contributed by atoms with van der Waals surface area (Å²) >= 11 is 0. The molecular weight excluding hydrogens is 234 g/mol. The summed E-state index contributed by atoms with van der Waals surface area (Å²) in [4.78, 5) is 0. The van der Waals surface area contributed by atoms with Gasteiger partial charge in [0.05, 0.1) is 17.1 Å². The van der Waals surface area contributed by atoms with Gasteiger partial charge < -0.3 is 5.32 Å². The zero-order valence-corrected chi connectivity index (χ0v) is 12.2. The Balaban J connectivity index is 2.09. The van der Waals surface area contributed by atoms with Gasteiger partial charge in [-0.3, -0.25) is 5.10 Å². The number of nitrogens with one attached hydrogen (secondary N) is 2. The van der Waals surface area contributed by atoms with Crippen LogP contribution in [0.3, 0.4) is 0 Å². The summed E-state index contributed by atoms with van der Waals surface area (Å²) in [5.74, 6) is 0. The molecule has 19 heavy (non-hydrogen) atoms. The van der Waals surface area contributed by atoms with Crippen LogP contribution >= 0.6 is 0 Å². The van der Waals surface area contributed by atoms with E-state index in [0.29, 0.717) is 0 Å². The molecule has 0 amide bonds. The molecule has 1 heterocycles. The van der Waals surface area contributed by atoms with Gasteiger partial charge >= 0.3 is 0 Å². The van der Waals surface area contributed by atoms with Crippen molar-refractivity contribution in [2.45, 2.75) is 46.6 Å². The second-order valence-corrected chi connectivity index (χ2v) is 5.17. The molecule has 1 unspecified atom stereocenters. The summed E-state index contributed by atoms with van der Waals surface area (Å²) in [6.45, 7) is 8.45. The van der Waals surface area contributed by atoms with Gasteiger partial charge in [0.2, 0.25) is 0 Å². The second-order valence-electron chi connectivity index (χ2n) is 5.17. The number of nitrogens with zero attached hydrogens (tertiary/aromatic N) is 1. The van der Waals surface area contributed by atoms with Gasteiger partial charge in [-0.15, -0.1) is 0 Å². The van der Waals surface area contributed by atoms with E-state index in [-0.39, 0.29) is 6.04 Å². The van der Waals surface area contributed by atoms with E-state index in [1.165, 1.54) is 17.5 Å². The summed E-state index contributed by atoms with van der Waals surface area (Å²) in [7, 11) is 0. The lowest BCUT2D eigenvalue weighted by Crippen LogP contribution is -2.07. The van der Waals surface area contributed by atoms with Crippen LogP contribution in [0.1, 0.15) is 48.8 Å². The highest BCUT2D eigenvalue weighted by Crippen LogP contribution is 2.23. The molecule has 3 heteroatoms. The molecule has 2 N–H and O–H groups in total. The molecule has 0 fully saturated rings. The molecule has 0 radical (unpaired) electrons. The molecule has 3 nitrogen and oxygen atoms in total. The molecule has 2 rings (SSSR count). The van der Waals surface area contributed by atoms with Crippen LogP contribution in [0.25, 0.3) is 0 Å². The van der Waals surface area contributed by atoms with Gasteiger partial charge in [0.25, 0.3) is 0 Å². The Kier molecular flexibility index (Phi) is 4.25. The molecule has 1 aromatic heterocycles. The first-order valence-electron chi connectivity index (χ1n) is 6.98. The topological polar surface area (TPSA) is 40.7 Å². The second kappa shape index (κ2) is 5.91. The van der Waals surface area contributed by atoms with Crippen LogP contribution < -0.4 is 5.32 Å². The summed E-state index contributed by atoms with van der Waals surface area (Å²) in [5.41, 5.74) is 5.94. The number of aryl methyl sites for hydroxylation is 3. The summed E-state index contributed by atoms with van der Waals surface area (Å²) in [5, 5.41) is 10.8. The van der Waals surface area contributed by atoms with Crippen LogP contribution in [0.5, 0.6) is 0 Å². The lowest BCUT2D eigenvalue weighted by atomic mass is 10.0. The van der Waals surface area contributed by atoms with E-state index in [9.17, 15) is 0 Å². The predicted molar refractivity (Wildman–Crippen MR) is 80.5 cm³/mol. The highest BCUT2D eigenvalue weighted by Gasteiger charge is 2.11. The molecule has 0 saturated heterocycles. The Morgan fingerprint density at radius 1 is 1.21 bits per heavy atom. The van der Waals surface area contributed by atoms with E-state index in [2.05, 4.69) is 53.6 Å². The van der Waals surface area contributed by atoms with Crippen molar-refractivity contribution in [1.29, 1.82) is 0 Å².